The Balaban J connectivity index is 1.40. The summed E-state index contributed by atoms with van der Waals surface area (Å²) in [6.45, 7) is 3.26. The average Bonchev–Trinajstić information content (AvgIpc) is 3.32. The van der Waals surface area contributed by atoms with Crippen LogP contribution in [-0.4, -0.2) is 28.3 Å². The van der Waals surface area contributed by atoms with E-state index in [1.54, 1.807) is 12.5 Å². The monoisotopic (exact) mass is 452 g/mol. The standard InChI is InChI=1S/C28H28N4O2/c1-2-19-34-25-15-13-22(14-16-25)20-30-31-26(33)17-18-32-21-29-27(23-9-5-3-6-10-23)28(32)24-11-7-4-8-12-24/h3-16,20-21H,2,17-19H2,1H3,(H,31,33). The molecule has 0 radical (unpaired) electrons. The lowest BCUT2D eigenvalue weighted by atomic mass is 10.0. The van der Waals surface area contributed by atoms with Crippen LogP contribution in [0.4, 0.5) is 0 Å². The number of imidazole rings is 1. The molecule has 0 aliphatic rings. The fourth-order valence-electron chi connectivity index (χ4n) is 3.58. The molecule has 172 valence electrons. The first-order valence-corrected chi connectivity index (χ1v) is 11.5. The van der Waals surface area contributed by atoms with E-state index in [1.807, 2.05) is 77.4 Å². The maximum Gasteiger partial charge on any atom is 0.241 e. The predicted octanol–water partition coefficient (Wildman–Crippen LogP) is 5.55. The molecule has 1 N–H and O–H groups in total. The van der Waals surface area contributed by atoms with E-state index < -0.39 is 0 Å². The van der Waals surface area contributed by atoms with E-state index in [-0.39, 0.29) is 12.3 Å². The summed E-state index contributed by atoms with van der Waals surface area (Å²) in [5, 5.41) is 4.09. The van der Waals surface area contributed by atoms with Crippen LogP contribution in [0.5, 0.6) is 5.75 Å². The van der Waals surface area contributed by atoms with Gasteiger partial charge in [-0.3, -0.25) is 4.79 Å². The lowest BCUT2D eigenvalue weighted by molar-refractivity contribution is -0.121. The van der Waals surface area contributed by atoms with Gasteiger partial charge in [-0.2, -0.15) is 5.10 Å². The zero-order valence-corrected chi connectivity index (χ0v) is 19.2. The number of nitrogens with one attached hydrogen (secondary N) is 1. The summed E-state index contributed by atoms with van der Waals surface area (Å²) in [7, 11) is 0. The summed E-state index contributed by atoms with van der Waals surface area (Å²) in [6.07, 6.45) is 4.67. The van der Waals surface area contributed by atoms with Gasteiger partial charge < -0.3 is 9.30 Å². The molecule has 0 atom stereocenters. The number of aromatic nitrogens is 2. The van der Waals surface area contributed by atoms with Crippen molar-refractivity contribution in [1.29, 1.82) is 0 Å². The van der Waals surface area contributed by atoms with Crippen LogP contribution < -0.4 is 10.2 Å². The van der Waals surface area contributed by atoms with Crippen molar-refractivity contribution >= 4 is 12.1 Å². The topological polar surface area (TPSA) is 68.5 Å². The lowest BCUT2D eigenvalue weighted by Crippen LogP contribution is -2.19. The molecular formula is C28H28N4O2. The molecule has 1 amide bonds. The van der Waals surface area contributed by atoms with Gasteiger partial charge in [0, 0.05) is 24.1 Å². The Kier molecular flexibility index (Phi) is 7.85. The third-order valence-corrected chi connectivity index (χ3v) is 5.27. The highest BCUT2D eigenvalue weighted by Crippen LogP contribution is 2.31. The Morgan fingerprint density at radius 3 is 2.32 bits per heavy atom. The van der Waals surface area contributed by atoms with E-state index >= 15 is 0 Å². The first kappa shape index (κ1) is 23.0. The number of nitrogens with zero attached hydrogens (tertiary/aromatic N) is 3. The summed E-state index contributed by atoms with van der Waals surface area (Å²) in [5.74, 6) is 0.667. The van der Waals surface area contributed by atoms with Crippen LogP contribution in [0.3, 0.4) is 0 Å². The first-order chi connectivity index (χ1) is 16.7. The summed E-state index contributed by atoms with van der Waals surface area (Å²) in [4.78, 5) is 17.1. The zero-order chi connectivity index (χ0) is 23.6. The SMILES string of the molecule is CCCOc1ccc(C=NNC(=O)CCn2cnc(-c3ccccc3)c2-c2ccccc2)cc1. The van der Waals surface area contributed by atoms with Crippen LogP contribution in [0.15, 0.2) is 96.4 Å². The Morgan fingerprint density at radius 2 is 1.65 bits per heavy atom. The van der Waals surface area contributed by atoms with E-state index in [4.69, 9.17) is 4.74 Å². The molecular weight excluding hydrogens is 424 g/mol. The number of aryl methyl sites for hydroxylation is 1. The Bertz CT molecular complexity index is 1220. The van der Waals surface area contributed by atoms with Crippen molar-refractivity contribution in [3.63, 3.8) is 0 Å². The molecule has 0 bridgehead atoms. The van der Waals surface area contributed by atoms with Gasteiger partial charge in [0.15, 0.2) is 0 Å². The molecule has 4 rings (SSSR count). The van der Waals surface area contributed by atoms with Gasteiger partial charge in [0.25, 0.3) is 0 Å². The van der Waals surface area contributed by atoms with Crippen LogP contribution in [0.25, 0.3) is 22.5 Å². The van der Waals surface area contributed by atoms with Crippen LogP contribution in [0.1, 0.15) is 25.3 Å². The number of carbonyl (C=O) groups excluding carboxylic acids is 1. The third kappa shape index (κ3) is 5.98. The quantitative estimate of drug-likeness (QED) is 0.253. The highest BCUT2D eigenvalue weighted by molar-refractivity contribution is 5.83. The fraction of sp³-hybridized carbons (Fsp3) is 0.179. The number of ether oxygens (including phenoxy) is 1. The highest BCUT2D eigenvalue weighted by atomic mass is 16.5. The third-order valence-electron chi connectivity index (χ3n) is 5.27. The summed E-state index contributed by atoms with van der Waals surface area (Å²) in [6, 6.07) is 27.8. The molecule has 0 aliphatic heterocycles. The van der Waals surface area contributed by atoms with E-state index in [9.17, 15) is 4.79 Å². The summed E-state index contributed by atoms with van der Waals surface area (Å²) >= 11 is 0. The van der Waals surface area contributed by atoms with Crippen molar-refractivity contribution in [2.45, 2.75) is 26.3 Å². The van der Waals surface area contributed by atoms with E-state index in [1.165, 1.54) is 0 Å². The highest BCUT2D eigenvalue weighted by Gasteiger charge is 2.15. The maximum absolute atomic E-state index is 12.4. The Hall–Kier alpha value is -4.19. The van der Waals surface area contributed by atoms with Crippen molar-refractivity contribution in [1.82, 2.24) is 15.0 Å². The summed E-state index contributed by atoms with van der Waals surface area (Å²) in [5.41, 5.74) is 7.49. The maximum atomic E-state index is 12.4. The van der Waals surface area contributed by atoms with Crippen molar-refractivity contribution in [2.24, 2.45) is 5.10 Å². The van der Waals surface area contributed by atoms with Crippen LogP contribution in [0, 0.1) is 0 Å². The van der Waals surface area contributed by atoms with Gasteiger partial charge >= 0.3 is 0 Å². The number of hydrogen-bond donors (Lipinski definition) is 1. The molecule has 4 aromatic rings. The second kappa shape index (κ2) is 11.6. The minimum atomic E-state index is -0.159. The van der Waals surface area contributed by atoms with Gasteiger partial charge in [0.05, 0.1) is 30.5 Å². The molecule has 3 aromatic carbocycles. The molecule has 0 aliphatic carbocycles. The molecule has 1 heterocycles. The number of rotatable bonds is 10. The van der Waals surface area contributed by atoms with Gasteiger partial charge in [0.1, 0.15) is 5.75 Å². The second-order valence-corrected chi connectivity index (χ2v) is 7.83. The minimum absolute atomic E-state index is 0.159. The van der Waals surface area contributed by atoms with E-state index in [2.05, 4.69) is 34.6 Å². The van der Waals surface area contributed by atoms with Crippen LogP contribution in [-0.2, 0) is 11.3 Å². The van der Waals surface area contributed by atoms with Gasteiger partial charge in [-0.1, -0.05) is 67.6 Å². The smallest absolute Gasteiger partial charge is 0.241 e. The molecule has 0 saturated carbocycles. The largest absolute Gasteiger partial charge is 0.494 e. The first-order valence-electron chi connectivity index (χ1n) is 11.5. The number of carbonyl (C=O) groups is 1. The zero-order valence-electron chi connectivity index (χ0n) is 19.2. The molecule has 0 unspecified atom stereocenters. The number of benzene rings is 3. The number of hydrogen-bond acceptors (Lipinski definition) is 4. The Labute approximate surface area is 199 Å². The van der Waals surface area contributed by atoms with Crippen molar-refractivity contribution in [3.05, 3.63) is 96.8 Å². The molecule has 0 saturated heterocycles. The number of amides is 1. The molecule has 0 spiro atoms. The van der Waals surface area contributed by atoms with Crippen LogP contribution >= 0.6 is 0 Å². The van der Waals surface area contributed by atoms with Crippen molar-refractivity contribution < 1.29 is 9.53 Å². The number of hydrazone groups is 1. The molecule has 34 heavy (non-hydrogen) atoms. The second-order valence-electron chi connectivity index (χ2n) is 7.83. The van der Waals surface area contributed by atoms with E-state index in [0.29, 0.717) is 13.2 Å². The van der Waals surface area contributed by atoms with Gasteiger partial charge in [-0.15, -0.1) is 0 Å². The minimum Gasteiger partial charge on any atom is -0.494 e. The van der Waals surface area contributed by atoms with E-state index in [0.717, 1.165) is 40.2 Å². The van der Waals surface area contributed by atoms with Crippen molar-refractivity contribution in [2.75, 3.05) is 6.61 Å². The normalized spacial score (nSPS) is 11.0. The molecule has 6 heteroatoms. The van der Waals surface area contributed by atoms with Gasteiger partial charge in [0.2, 0.25) is 5.91 Å². The molecule has 6 nitrogen and oxygen atoms in total. The predicted molar refractivity (Wildman–Crippen MR) is 136 cm³/mol. The van der Waals surface area contributed by atoms with Gasteiger partial charge in [-0.25, -0.2) is 10.4 Å². The molecule has 0 fully saturated rings. The average molecular weight is 453 g/mol. The van der Waals surface area contributed by atoms with Crippen molar-refractivity contribution in [3.8, 4) is 28.3 Å². The Morgan fingerprint density at radius 1 is 0.971 bits per heavy atom. The van der Waals surface area contributed by atoms with Gasteiger partial charge in [-0.05, 0) is 36.2 Å². The lowest BCUT2D eigenvalue weighted by Gasteiger charge is -2.10. The summed E-state index contributed by atoms with van der Waals surface area (Å²) < 4.78 is 7.60. The fourth-order valence-corrected chi connectivity index (χ4v) is 3.58. The van der Waals surface area contributed by atoms with Crippen LogP contribution in [0.2, 0.25) is 0 Å². The molecule has 1 aromatic heterocycles.